The summed E-state index contributed by atoms with van der Waals surface area (Å²) in [6.07, 6.45) is 1.06. The number of amides is 1. The van der Waals surface area contributed by atoms with Gasteiger partial charge in [0.2, 0.25) is 0 Å². The smallest absolute Gasteiger partial charge is 0.262 e. The Labute approximate surface area is 178 Å². The molecule has 0 aliphatic carbocycles. The predicted molar refractivity (Wildman–Crippen MR) is 121 cm³/mol. The Balaban J connectivity index is 1.50. The first-order chi connectivity index (χ1) is 14.5. The van der Waals surface area contributed by atoms with E-state index < -0.39 is 0 Å². The molecule has 3 aromatic rings. The molecule has 4 nitrogen and oxygen atoms in total. The molecule has 3 rings (SSSR count). The van der Waals surface area contributed by atoms with Gasteiger partial charge in [-0.2, -0.15) is 0 Å². The molecule has 3 aromatic carbocycles. The lowest BCUT2D eigenvalue weighted by molar-refractivity contribution is -0.118. The van der Waals surface area contributed by atoms with Crippen LogP contribution in [0.4, 0.5) is 5.69 Å². The van der Waals surface area contributed by atoms with Crippen molar-refractivity contribution >= 4 is 11.6 Å². The number of rotatable bonds is 9. The Hall–Kier alpha value is -3.27. The largest absolute Gasteiger partial charge is 0.489 e. The van der Waals surface area contributed by atoms with Crippen molar-refractivity contribution < 1.29 is 14.3 Å². The van der Waals surface area contributed by atoms with Crippen molar-refractivity contribution in [1.82, 2.24) is 0 Å². The van der Waals surface area contributed by atoms with Crippen LogP contribution in [0.3, 0.4) is 0 Å². The first-order valence-electron chi connectivity index (χ1n) is 10.3. The molecule has 4 heteroatoms. The molecular weight excluding hydrogens is 374 g/mol. The first-order valence-corrected chi connectivity index (χ1v) is 10.3. The van der Waals surface area contributed by atoms with E-state index in [-0.39, 0.29) is 17.9 Å². The van der Waals surface area contributed by atoms with Gasteiger partial charge in [0.15, 0.2) is 6.61 Å². The quantitative estimate of drug-likeness (QED) is 0.479. The predicted octanol–water partition coefficient (Wildman–Crippen LogP) is 5.97. The van der Waals surface area contributed by atoms with Gasteiger partial charge in [0.1, 0.15) is 18.1 Å². The second kappa shape index (κ2) is 9.97. The molecule has 1 N–H and O–H groups in total. The molecule has 0 saturated carbocycles. The highest BCUT2D eigenvalue weighted by Gasteiger charge is 2.17. The topological polar surface area (TPSA) is 47.6 Å². The van der Waals surface area contributed by atoms with Crippen molar-refractivity contribution in [1.29, 1.82) is 0 Å². The molecule has 0 radical (unpaired) electrons. The Morgan fingerprint density at radius 2 is 1.60 bits per heavy atom. The molecule has 0 saturated heterocycles. The van der Waals surface area contributed by atoms with Crippen molar-refractivity contribution in [3.63, 3.8) is 0 Å². The average Bonchev–Trinajstić information content (AvgIpc) is 2.77. The molecule has 0 aromatic heterocycles. The SMILES string of the molecule is CCC(C)(C)c1ccc(OCC(=O)Nc2cccc(OCc3ccccc3)c2)cc1. The Kier molecular flexibility index (Phi) is 7.12. The second-order valence-corrected chi connectivity index (χ2v) is 7.90. The van der Waals surface area contributed by atoms with Gasteiger partial charge in [-0.15, -0.1) is 0 Å². The molecule has 30 heavy (non-hydrogen) atoms. The monoisotopic (exact) mass is 403 g/mol. The van der Waals surface area contributed by atoms with E-state index in [0.29, 0.717) is 23.8 Å². The number of benzene rings is 3. The van der Waals surface area contributed by atoms with Crippen LogP contribution in [0.15, 0.2) is 78.9 Å². The number of nitrogens with one attached hydrogen (secondary N) is 1. The fourth-order valence-electron chi connectivity index (χ4n) is 2.96. The fourth-order valence-corrected chi connectivity index (χ4v) is 2.96. The van der Waals surface area contributed by atoms with Gasteiger partial charge >= 0.3 is 0 Å². The minimum Gasteiger partial charge on any atom is -0.489 e. The summed E-state index contributed by atoms with van der Waals surface area (Å²) in [5.74, 6) is 1.17. The van der Waals surface area contributed by atoms with E-state index in [9.17, 15) is 4.79 Å². The molecule has 1 amide bonds. The maximum Gasteiger partial charge on any atom is 0.262 e. The third-order valence-corrected chi connectivity index (χ3v) is 5.26. The summed E-state index contributed by atoms with van der Waals surface area (Å²) in [7, 11) is 0. The Morgan fingerprint density at radius 3 is 2.30 bits per heavy atom. The minimum absolute atomic E-state index is 0.0500. The molecule has 0 heterocycles. The van der Waals surface area contributed by atoms with E-state index in [1.165, 1.54) is 5.56 Å². The zero-order valence-electron chi connectivity index (χ0n) is 17.9. The van der Waals surface area contributed by atoms with Crippen molar-refractivity contribution in [2.24, 2.45) is 0 Å². The zero-order chi connectivity index (χ0) is 21.4. The van der Waals surface area contributed by atoms with Crippen LogP contribution in [-0.2, 0) is 16.8 Å². The third kappa shape index (κ3) is 6.11. The summed E-state index contributed by atoms with van der Waals surface area (Å²) in [5.41, 5.74) is 3.15. The number of carbonyl (C=O) groups excluding carboxylic acids is 1. The van der Waals surface area contributed by atoms with Crippen molar-refractivity contribution in [2.75, 3.05) is 11.9 Å². The number of anilines is 1. The van der Waals surface area contributed by atoms with Gasteiger partial charge in [-0.3, -0.25) is 4.79 Å². The lowest BCUT2D eigenvalue weighted by Gasteiger charge is -2.23. The van der Waals surface area contributed by atoms with Gasteiger partial charge < -0.3 is 14.8 Å². The first kappa shape index (κ1) is 21.4. The normalized spacial score (nSPS) is 11.0. The average molecular weight is 404 g/mol. The van der Waals surface area contributed by atoms with Gasteiger partial charge in [0.25, 0.3) is 5.91 Å². The van der Waals surface area contributed by atoms with Crippen LogP contribution in [0.5, 0.6) is 11.5 Å². The summed E-state index contributed by atoms with van der Waals surface area (Å²) in [5, 5.41) is 2.85. The van der Waals surface area contributed by atoms with Crippen LogP contribution >= 0.6 is 0 Å². The minimum atomic E-state index is -0.215. The number of ether oxygens (including phenoxy) is 2. The van der Waals surface area contributed by atoms with Gasteiger partial charge in [-0.1, -0.05) is 69.3 Å². The molecule has 0 atom stereocenters. The summed E-state index contributed by atoms with van der Waals surface area (Å²) in [6, 6.07) is 25.3. The van der Waals surface area contributed by atoms with Crippen LogP contribution in [0.25, 0.3) is 0 Å². The number of hydrogen-bond donors (Lipinski definition) is 1. The third-order valence-electron chi connectivity index (χ3n) is 5.26. The van der Waals surface area contributed by atoms with E-state index in [4.69, 9.17) is 9.47 Å². The second-order valence-electron chi connectivity index (χ2n) is 7.90. The number of carbonyl (C=O) groups is 1. The van der Waals surface area contributed by atoms with Crippen LogP contribution in [0.2, 0.25) is 0 Å². The molecule has 0 aliphatic heterocycles. The highest BCUT2D eigenvalue weighted by molar-refractivity contribution is 5.92. The molecule has 0 unspecified atom stereocenters. The standard InChI is InChI=1S/C26H29NO3/c1-4-26(2,3)21-13-15-23(16-14-21)30-19-25(28)27-22-11-8-12-24(17-22)29-18-20-9-6-5-7-10-20/h5-17H,4,18-19H2,1-3H3,(H,27,28). The van der Waals surface area contributed by atoms with Crippen LogP contribution < -0.4 is 14.8 Å². The summed E-state index contributed by atoms with van der Waals surface area (Å²) in [6.45, 7) is 7.04. The van der Waals surface area contributed by atoms with E-state index >= 15 is 0 Å². The van der Waals surface area contributed by atoms with Crippen LogP contribution in [0, 0.1) is 0 Å². The van der Waals surface area contributed by atoms with E-state index in [2.05, 4.69) is 38.2 Å². The Morgan fingerprint density at radius 1 is 0.867 bits per heavy atom. The molecule has 0 bridgehead atoms. The van der Waals surface area contributed by atoms with Crippen LogP contribution in [0.1, 0.15) is 38.3 Å². The summed E-state index contributed by atoms with van der Waals surface area (Å²) < 4.78 is 11.4. The lowest BCUT2D eigenvalue weighted by atomic mass is 9.82. The van der Waals surface area contributed by atoms with E-state index in [1.54, 1.807) is 0 Å². The summed E-state index contributed by atoms with van der Waals surface area (Å²) in [4.78, 5) is 12.3. The molecule has 0 fully saturated rings. The van der Waals surface area contributed by atoms with Crippen molar-refractivity contribution in [2.45, 2.75) is 39.2 Å². The van der Waals surface area contributed by atoms with Crippen molar-refractivity contribution in [3.05, 3.63) is 90.0 Å². The number of hydrogen-bond acceptors (Lipinski definition) is 3. The van der Waals surface area contributed by atoms with Crippen LogP contribution in [-0.4, -0.2) is 12.5 Å². The highest BCUT2D eigenvalue weighted by Crippen LogP contribution is 2.28. The zero-order valence-corrected chi connectivity index (χ0v) is 17.9. The maximum atomic E-state index is 12.3. The van der Waals surface area contributed by atoms with E-state index in [1.807, 2.05) is 66.7 Å². The molecule has 0 spiro atoms. The summed E-state index contributed by atoms with van der Waals surface area (Å²) >= 11 is 0. The fraction of sp³-hybridized carbons (Fsp3) is 0.269. The van der Waals surface area contributed by atoms with Gasteiger partial charge in [-0.25, -0.2) is 0 Å². The van der Waals surface area contributed by atoms with E-state index in [0.717, 1.165) is 12.0 Å². The Bertz CT molecular complexity index is 950. The lowest BCUT2D eigenvalue weighted by Crippen LogP contribution is -2.20. The van der Waals surface area contributed by atoms with Gasteiger partial charge in [0, 0.05) is 11.8 Å². The highest BCUT2D eigenvalue weighted by atomic mass is 16.5. The molecular formula is C26H29NO3. The van der Waals surface area contributed by atoms with Gasteiger partial charge in [0.05, 0.1) is 0 Å². The van der Waals surface area contributed by atoms with Gasteiger partial charge in [-0.05, 0) is 47.2 Å². The molecule has 156 valence electrons. The molecule has 0 aliphatic rings. The maximum absolute atomic E-state index is 12.3. The van der Waals surface area contributed by atoms with Crippen molar-refractivity contribution in [3.8, 4) is 11.5 Å².